The van der Waals surface area contributed by atoms with E-state index in [-0.39, 0.29) is 0 Å². The Bertz CT molecular complexity index is 496. The van der Waals surface area contributed by atoms with Crippen molar-refractivity contribution >= 4 is 10.0 Å². The fourth-order valence-electron chi connectivity index (χ4n) is 2.41. The van der Waals surface area contributed by atoms with E-state index >= 15 is 0 Å². The van der Waals surface area contributed by atoms with Gasteiger partial charge in [-0.2, -0.15) is 4.31 Å². The highest BCUT2D eigenvalue weighted by molar-refractivity contribution is 7.89. The zero-order valence-electron chi connectivity index (χ0n) is 9.26. The maximum Gasteiger partial charge on any atom is 0.243 e. The van der Waals surface area contributed by atoms with E-state index in [0.717, 1.165) is 18.7 Å². The third-order valence-electron chi connectivity index (χ3n) is 3.60. The average Bonchev–Trinajstić information content (AvgIpc) is 2.86. The quantitative estimate of drug-likeness (QED) is 0.784. The van der Waals surface area contributed by atoms with Crippen molar-refractivity contribution in [1.82, 2.24) is 4.31 Å². The van der Waals surface area contributed by atoms with E-state index in [1.165, 1.54) is 6.42 Å². The Morgan fingerprint density at radius 2 is 1.69 bits per heavy atom. The van der Waals surface area contributed by atoms with Crippen LogP contribution in [0.3, 0.4) is 0 Å². The predicted molar refractivity (Wildman–Crippen MR) is 61.5 cm³/mol. The highest BCUT2D eigenvalue weighted by atomic mass is 32.2. The van der Waals surface area contributed by atoms with Crippen molar-refractivity contribution < 1.29 is 8.42 Å². The Morgan fingerprint density at radius 1 is 1.12 bits per heavy atom. The summed E-state index contributed by atoms with van der Waals surface area (Å²) < 4.78 is 26.1. The van der Waals surface area contributed by atoms with Gasteiger partial charge in [0.05, 0.1) is 4.90 Å². The van der Waals surface area contributed by atoms with E-state index in [4.69, 9.17) is 0 Å². The van der Waals surface area contributed by atoms with E-state index in [1.54, 1.807) is 16.4 Å². The second kappa shape index (κ2) is 3.31. The van der Waals surface area contributed by atoms with Crippen molar-refractivity contribution in [2.45, 2.75) is 18.2 Å². The summed E-state index contributed by atoms with van der Waals surface area (Å²) in [6, 6.07) is 7.11. The van der Waals surface area contributed by atoms with Crippen LogP contribution in [-0.2, 0) is 10.0 Å². The minimum Gasteiger partial charge on any atom is -0.207 e. The molecule has 1 aliphatic carbocycles. The first-order valence-electron chi connectivity index (χ1n) is 5.64. The Balaban J connectivity index is 1.89. The Morgan fingerprint density at radius 3 is 2.25 bits per heavy atom. The molecule has 1 heterocycles. The van der Waals surface area contributed by atoms with Gasteiger partial charge in [-0.15, -0.1) is 0 Å². The second-order valence-corrected chi connectivity index (χ2v) is 6.83. The van der Waals surface area contributed by atoms with Crippen molar-refractivity contribution in [3.05, 3.63) is 29.8 Å². The molecule has 0 spiro atoms. The summed E-state index contributed by atoms with van der Waals surface area (Å²) >= 11 is 0. The third-order valence-corrected chi connectivity index (χ3v) is 5.45. The molecule has 2 atom stereocenters. The average molecular weight is 237 g/mol. The standard InChI is InChI=1S/C12H15NO2S/c1-9-2-4-12(5-3-9)16(14,15)13-7-10-6-11(10)8-13/h2-5,10-11H,6-8H2,1H3/t10-,11+. The topological polar surface area (TPSA) is 37.4 Å². The normalized spacial score (nSPS) is 29.1. The van der Waals surface area contributed by atoms with Gasteiger partial charge in [0.1, 0.15) is 0 Å². The van der Waals surface area contributed by atoms with Gasteiger partial charge in [-0.05, 0) is 37.3 Å². The molecule has 4 heteroatoms. The molecule has 1 aliphatic heterocycles. The Hall–Kier alpha value is -0.870. The molecular formula is C12H15NO2S. The summed E-state index contributed by atoms with van der Waals surface area (Å²) in [6.07, 6.45) is 1.22. The lowest BCUT2D eigenvalue weighted by atomic mass is 10.2. The first-order chi connectivity index (χ1) is 7.57. The number of sulfonamides is 1. The number of nitrogens with zero attached hydrogens (tertiary/aromatic N) is 1. The summed E-state index contributed by atoms with van der Waals surface area (Å²) in [6.45, 7) is 3.41. The molecule has 1 aromatic carbocycles. The number of hydrogen-bond acceptors (Lipinski definition) is 2. The monoisotopic (exact) mass is 237 g/mol. The van der Waals surface area contributed by atoms with Crippen LogP contribution >= 0.6 is 0 Å². The smallest absolute Gasteiger partial charge is 0.207 e. The maximum absolute atomic E-state index is 12.2. The molecule has 0 N–H and O–H groups in total. The molecule has 0 radical (unpaired) electrons. The number of aryl methyl sites for hydroxylation is 1. The number of fused-ring (bicyclic) bond motifs is 1. The van der Waals surface area contributed by atoms with Gasteiger partial charge in [-0.3, -0.25) is 0 Å². The Kier molecular flexibility index (Phi) is 2.13. The van der Waals surface area contributed by atoms with Crippen LogP contribution in [0, 0.1) is 18.8 Å². The molecule has 1 saturated carbocycles. The lowest BCUT2D eigenvalue weighted by molar-refractivity contribution is 0.443. The fraction of sp³-hybridized carbons (Fsp3) is 0.500. The van der Waals surface area contributed by atoms with E-state index < -0.39 is 10.0 Å². The largest absolute Gasteiger partial charge is 0.243 e. The molecule has 3 rings (SSSR count). The van der Waals surface area contributed by atoms with Crippen LogP contribution in [0.5, 0.6) is 0 Å². The van der Waals surface area contributed by atoms with Crippen LogP contribution in [0.4, 0.5) is 0 Å². The molecule has 0 unspecified atom stereocenters. The van der Waals surface area contributed by atoms with Gasteiger partial charge in [-0.25, -0.2) is 8.42 Å². The van der Waals surface area contributed by atoms with E-state index in [2.05, 4.69) is 0 Å². The first kappa shape index (κ1) is 10.3. The molecule has 1 aromatic rings. The molecular weight excluding hydrogens is 222 g/mol. The maximum atomic E-state index is 12.2. The van der Waals surface area contributed by atoms with Crippen LogP contribution < -0.4 is 0 Å². The minimum atomic E-state index is -3.22. The number of benzene rings is 1. The highest BCUT2D eigenvalue weighted by Gasteiger charge is 2.48. The van der Waals surface area contributed by atoms with Gasteiger partial charge >= 0.3 is 0 Å². The molecule has 2 aliphatic rings. The van der Waals surface area contributed by atoms with Crippen molar-refractivity contribution in [3.63, 3.8) is 0 Å². The molecule has 86 valence electrons. The lowest BCUT2D eigenvalue weighted by Gasteiger charge is -2.17. The summed E-state index contributed by atoms with van der Waals surface area (Å²) in [7, 11) is -3.22. The first-order valence-corrected chi connectivity index (χ1v) is 7.08. The van der Waals surface area contributed by atoms with E-state index in [9.17, 15) is 8.42 Å². The van der Waals surface area contributed by atoms with Crippen molar-refractivity contribution in [1.29, 1.82) is 0 Å². The molecule has 3 nitrogen and oxygen atoms in total. The number of hydrogen-bond donors (Lipinski definition) is 0. The van der Waals surface area contributed by atoms with Gasteiger partial charge in [0.25, 0.3) is 0 Å². The Labute approximate surface area is 96.1 Å². The van der Waals surface area contributed by atoms with Crippen molar-refractivity contribution in [2.75, 3.05) is 13.1 Å². The number of rotatable bonds is 2. The van der Waals surface area contributed by atoms with Crippen LogP contribution in [0.25, 0.3) is 0 Å². The third kappa shape index (κ3) is 1.57. The molecule has 1 saturated heterocycles. The summed E-state index contributed by atoms with van der Waals surface area (Å²) in [5.74, 6) is 1.28. The van der Waals surface area contributed by atoms with Gasteiger partial charge in [0.15, 0.2) is 0 Å². The van der Waals surface area contributed by atoms with Gasteiger partial charge in [-0.1, -0.05) is 17.7 Å². The molecule has 16 heavy (non-hydrogen) atoms. The van der Waals surface area contributed by atoms with Gasteiger partial charge in [0.2, 0.25) is 10.0 Å². The van der Waals surface area contributed by atoms with Crippen LogP contribution in [0.2, 0.25) is 0 Å². The highest BCUT2D eigenvalue weighted by Crippen LogP contribution is 2.46. The predicted octanol–water partition coefficient (Wildman–Crippen LogP) is 1.64. The lowest BCUT2D eigenvalue weighted by Crippen LogP contribution is -2.30. The molecule has 0 aromatic heterocycles. The van der Waals surface area contributed by atoms with Crippen LogP contribution in [0.15, 0.2) is 29.2 Å². The second-order valence-electron chi connectivity index (χ2n) is 4.89. The summed E-state index contributed by atoms with van der Waals surface area (Å²) in [5.41, 5.74) is 1.09. The zero-order valence-corrected chi connectivity index (χ0v) is 10.1. The van der Waals surface area contributed by atoms with Crippen LogP contribution in [0.1, 0.15) is 12.0 Å². The minimum absolute atomic E-state index is 0.430. The molecule has 0 bridgehead atoms. The summed E-state index contributed by atoms with van der Waals surface area (Å²) in [5, 5.41) is 0. The van der Waals surface area contributed by atoms with Crippen molar-refractivity contribution in [3.8, 4) is 0 Å². The van der Waals surface area contributed by atoms with Gasteiger partial charge < -0.3 is 0 Å². The van der Waals surface area contributed by atoms with Crippen LogP contribution in [-0.4, -0.2) is 25.8 Å². The zero-order chi connectivity index (χ0) is 11.3. The number of piperidine rings is 1. The van der Waals surface area contributed by atoms with Gasteiger partial charge in [0, 0.05) is 13.1 Å². The van der Waals surface area contributed by atoms with E-state index in [1.807, 2.05) is 19.1 Å². The molecule has 2 fully saturated rings. The SMILES string of the molecule is Cc1ccc(S(=O)(=O)N2C[C@H]3C[C@H]3C2)cc1. The fourth-order valence-corrected chi connectivity index (χ4v) is 3.96. The van der Waals surface area contributed by atoms with E-state index in [0.29, 0.717) is 16.7 Å². The van der Waals surface area contributed by atoms with Crippen molar-refractivity contribution in [2.24, 2.45) is 11.8 Å². The summed E-state index contributed by atoms with van der Waals surface area (Å²) in [4.78, 5) is 0.430. The molecule has 0 amide bonds.